The molecular formula is C21H18N2O3. The molecule has 0 atom stereocenters. The highest BCUT2D eigenvalue weighted by atomic mass is 16.3. The average molecular weight is 346 g/mol. The van der Waals surface area contributed by atoms with Crippen molar-refractivity contribution in [2.75, 3.05) is 10.6 Å². The van der Waals surface area contributed by atoms with Gasteiger partial charge in [0, 0.05) is 6.08 Å². The summed E-state index contributed by atoms with van der Waals surface area (Å²) in [5.41, 5.74) is 2.91. The fourth-order valence-electron chi connectivity index (χ4n) is 2.37. The molecule has 1 heterocycles. The normalized spacial score (nSPS) is 10.7. The van der Waals surface area contributed by atoms with Crippen LogP contribution in [0.2, 0.25) is 0 Å². The van der Waals surface area contributed by atoms with Crippen molar-refractivity contribution in [1.82, 2.24) is 0 Å². The Balaban J connectivity index is 1.74. The molecule has 5 heteroatoms. The van der Waals surface area contributed by atoms with Gasteiger partial charge in [-0.2, -0.15) is 0 Å². The highest BCUT2D eigenvalue weighted by Crippen LogP contribution is 2.24. The number of rotatable bonds is 5. The number of amides is 2. The Morgan fingerprint density at radius 3 is 2.46 bits per heavy atom. The Bertz CT molecular complexity index is 929. The third kappa shape index (κ3) is 4.48. The number of carbonyl (C=O) groups excluding carboxylic acids is 2. The van der Waals surface area contributed by atoms with E-state index in [0.29, 0.717) is 11.4 Å². The van der Waals surface area contributed by atoms with Gasteiger partial charge in [0.1, 0.15) is 0 Å². The minimum Gasteiger partial charge on any atom is -0.459 e. The number of aryl methyl sites for hydroxylation is 1. The molecule has 0 fully saturated rings. The molecule has 0 aliphatic heterocycles. The van der Waals surface area contributed by atoms with Crippen LogP contribution in [0, 0.1) is 6.92 Å². The highest BCUT2D eigenvalue weighted by molar-refractivity contribution is 6.08. The summed E-state index contributed by atoms with van der Waals surface area (Å²) in [5.74, 6) is -0.464. The number of nitrogens with one attached hydrogen (secondary N) is 2. The van der Waals surface area contributed by atoms with E-state index in [9.17, 15) is 9.59 Å². The van der Waals surface area contributed by atoms with E-state index in [1.54, 1.807) is 30.3 Å². The van der Waals surface area contributed by atoms with Crippen LogP contribution in [-0.4, -0.2) is 11.8 Å². The van der Waals surface area contributed by atoms with Gasteiger partial charge < -0.3 is 15.1 Å². The van der Waals surface area contributed by atoms with Crippen LogP contribution in [0.25, 0.3) is 6.08 Å². The van der Waals surface area contributed by atoms with Crippen LogP contribution in [0.4, 0.5) is 11.4 Å². The van der Waals surface area contributed by atoms with Crippen molar-refractivity contribution in [3.8, 4) is 0 Å². The van der Waals surface area contributed by atoms with Crippen molar-refractivity contribution >= 4 is 29.3 Å². The third-order valence-corrected chi connectivity index (χ3v) is 3.65. The largest absolute Gasteiger partial charge is 0.459 e. The van der Waals surface area contributed by atoms with Gasteiger partial charge in [-0.05, 0) is 48.4 Å². The SMILES string of the molecule is Cc1ccc(NC(=O)c2ccco2)c(NC(=O)/C=C\c2ccccc2)c1. The summed E-state index contributed by atoms with van der Waals surface area (Å²) in [5, 5.41) is 5.55. The van der Waals surface area contributed by atoms with Gasteiger partial charge in [-0.25, -0.2) is 0 Å². The second kappa shape index (κ2) is 7.98. The van der Waals surface area contributed by atoms with Crippen LogP contribution in [0.3, 0.4) is 0 Å². The van der Waals surface area contributed by atoms with E-state index < -0.39 is 0 Å². The Morgan fingerprint density at radius 2 is 1.73 bits per heavy atom. The Kier molecular flexibility index (Phi) is 5.29. The van der Waals surface area contributed by atoms with Crippen LogP contribution in [0.5, 0.6) is 0 Å². The van der Waals surface area contributed by atoms with E-state index in [1.165, 1.54) is 12.3 Å². The van der Waals surface area contributed by atoms with Gasteiger partial charge in [-0.1, -0.05) is 36.4 Å². The molecule has 2 amide bonds. The third-order valence-electron chi connectivity index (χ3n) is 3.65. The lowest BCUT2D eigenvalue weighted by Crippen LogP contribution is -2.15. The molecule has 2 N–H and O–H groups in total. The molecule has 0 unspecified atom stereocenters. The van der Waals surface area contributed by atoms with Gasteiger partial charge in [-0.3, -0.25) is 9.59 Å². The molecular weight excluding hydrogens is 328 g/mol. The van der Waals surface area contributed by atoms with Crippen molar-refractivity contribution in [3.05, 3.63) is 89.9 Å². The van der Waals surface area contributed by atoms with Gasteiger partial charge in [0.25, 0.3) is 5.91 Å². The fraction of sp³-hybridized carbons (Fsp3) is 0.0476. The van der Waals surface area contributed by atoms with E-state index in [2.05, 4.69) is 10.6 Å². The Morgan fingerprint density at radius 1 is 0.923 bits per heavy atom. The maximum Gasteiger partial charge on any atom is 0.291 e. The summed E-state index contributed by atoms with van der Waals surface area (Å²) < 4.78 is 5.09. The zero-order valence-electron chi connectivity index (χ0n) is 14.2. The summed E-state index contributed by atoms with van der Waals surface area (Å²) in [6.45, 7) is 1.91. The fourth-order valence-corrected chi connectivity index (χ4v) is 2.37. The monoisotopic (exact) mass is 346 g/mol. The van der Waals surface area contributed by atoms with Gasteiger partial charge in [0.05, 0.1) is 17.6 Å². The quantitative estimate of drug-likeness (QED) is 0.669. The topological polar surface area (TPSA) is 71.3 Å². The maximum atomic E-state index is 12.2. The first-order valence-electron chi connectivity index (χ1n) is 8.11. The number of hydrogen-bond acceptors (Lipinski definition) is 3. The molecule has 3 aromatic rings. The molecule has 0 radical (unpaired) electrons. The maximum absolute atomic E-state index is 12.2. The first kappa shape index (κ1) is 17.2. The van der Waals surface area contributed by atoms with Crippen LogP contribution in [-0.2, 0) is 4.79 Å². The Hall–Kier alpha value is -3.60. The minimum absolute atomic E-state index is 0.201. The standard InChI is InChI=1S/C21H18N2O3/c1-15-9-11-17(23-21(25)19-8-5-13-26-19)18(14-15)22-20(24)12-10-16-6-3-2-4-7-16/h2-14H,1H3,(H,22,24)(H,23,25)/b12-10-. The number of anilines is 2. The number of benzene rings is 2. The van der Waals surface area contributed by atoms with Crippen molar-refractivity contribution in [2.24, 2.45) is 0 Å². The summed E-state index contributed by atoms with van der Waals surface area (Å²) in [6.07, 6.45) is 4.61. The molecule has 1 aromatic heterocycles. The van der Waals surface area contributed by atoms with E-state index in [0.717, 1.165) is 11.1 Å². The van der Waals surface area contributed by atoms with Gasteiger partial charge in [-0.15, -0.1) is 0 Å². The summed E-state index contributed by atoms with van der Waals surface area (Å²) >= 11 is 0. The molecule has 0 aliphatic carbocycles. The molecule has 26 heavy (non-hydrogen) atoms. The lowest BCUT2D eigenvalue weighted by molar-refractivity contribution is -0.111. The molecule has 2 aromatic carbocycles. The van der Waals surface area contributed by atoms with Crippen LogP contribution >= 0.6 is 0 Å². The molecule has 5 nitrogen and oxygen atoms in total. The molecule has 0 spiro atoms. The van der Waals surface area contributed by atoms with Crippen molar-refractivity contribution in [1.29, 1.82) is 0 Å². The zero-order valence-corrected chi connectivity index (χ0v) is 14.2. The number of furan rings is 1. The van der Waals surface area contributed by atoms with E-state index in [4.69, 9.17) is 4.42 Å². The lowest BCUT2D eigenvalue weighted by atomic mass is 10.1. The predicted octanol–water partition coefficient (Wildman–Crippen LogP) is 4.49. The molecule has 0 saturated heterocycles. The Labute approximate surface area is 151 Å². The molecule has 0 saturated carbocycles. The number of carbonyl (C=O) groups is 2. The predicted molar refractivity (Wildman–Crippen MR) is 102 cm³/mol. The second-order valence-electron chi connectivity index (χ2n) is 5.71. The molecule has 0 bridgehead atoms. The highest BCUT2D eigenvalue weighted by Gasteiger charge is 2.12. The summed E-state index contributed by atoms with van der Waals surface area (Å²) in [4.78, 5) is 24.4. The summed E-state index contributed by atoms with van der Waals surface area (Å²) in [7, 11) is 0. The molecule has 0 aliphatic rings. The van der Waals surface area contributed by atoms with E-state index in [1.807, 2.05) is 43.3 Å². The van der Waals surface area contributed by atoms with Crippen molar-refractivity contribution < 1.29 is 14.0 Å². The minimum atomic E-state index is -0.380. The first-order chi connectivity index (χ1) is 12.6. The van der Waals surface area contributed by atoms with Crippen LogP contribution in [0.1, 0.15) is 21.7 Å². The van der Waals surface area contributed by atoms with Crippen molar-refractivity contribution in [3.63, 3.8) is 0 Å². The molecule has 130 valence electrons. The summed E-state index contributed by atoms with van der Waals surface area (Å²) in [6, 6.07) is 18.1. The smallest absolute Gasteiger partial charge is 0.291 e. The van der Waals surface area contributed by atoms with E-state index >= 15 is 0 Å². The van der Waals surface area contributed by atoms with Crippen LogP contribution < -0.4 is 10.6 Å². The number of hydrogen-bond donors (Lipinski definition) is 2. The zero-order chi connectivity index (χ0) is 18.4. The van der Waals surface area contributed by atoms with Gasteiger partial charge in [0.15, 0.2) is 5.76 Å². The van der Waals surface area contributed by atoms with Crippen molar-refractivity contribution in [2.45, 2.75) is 6.92 Å². The van der Waals surface area contributed by atoms with E-state index in [-0.39, 0.29) is 17.6 Å². The molecule has 3 rings (SSSR count). The first-order valence-corrected chi connectivity index (χ1v) is 8.11. The van der Waals surface area contributed by atoms with Crippen LogP contribution in [0.15, 0.2) is 77.4 Å². The second-order valence-corrected chi connectivity index (χ2v) is 5.71. The lowest BCUT2D eigenvalue weighted by Gasteiger charge is -2.11. The van der Waals surface area contributed by atoms with Gasteiger partial charge >= 0.3 is 0 Å². The average Bonchev–Trinajstić information content (AvgIpc) is 3.18. The van der Waals surface area contributed by atoms with Gasteiger partial charge in [0.2, 0.25) is 5.91 Å².